The lowest BCUT2D eigenvalue weighted by atomic mass is 10.0. The van der Waals surface area contributed by atoms with E-state index in [4.69, 9.17) is 9.47 Å². The number of benzene rings is 3. The van der Waals surface area contributed by atoms with E-state index in [2.05, 4.69) is 24.5 Å². The summed E-state index contributed by atoms with van der Waals surface area (Å²) in [5.41, 5.74) is 2.95. The van der Waals surface area contributed by atoms with Crippen molar-refractivity contribution >= 4 is 63.9 Å². The van der Waals surface area contributed by atoms with E-state index < -0.39 is 23.6 Å². The van der Waals surface area contributed by atoms with E-state index in [9.17, 15) is 19.2 Å². The largest absolute Gasteiger partial charge is 0.490 e. The molecule has 2 N–H and O–H groups in total. The maximum absolute atomic E-state index is 13.0. The van der Waals surface area contributed by atoms with Crippen molar-refractivity contribution in [3.05, 3.63) is 82.8 Å². The molecule has 11 heteroatoms. The number of hydrogen-bond acceptors (Lipinski definition) is 8. The molecule has 0 saturated carbocycles. The summed E-state index contributed by atoms with van der Waals surface area (Å²) in [7, 11) is 0. The van der Waals surface area contributed by atoms with Crippen molar-refractivity contribution in [1.29, 1.82) is 0 Å². The third-order valence-corrected chi connectivity index (χ3v) is 7.94. The third-order valence-electron chi connectivity index (χ3n) is 6.31. The summed E-state index contributed by atoms with van der Waals surface area (Å²) in [5, 5.41) is 5.10. The van der Waals surface area contributed by atoms with E-state index in [0.717, 1.165) is 32.8 Å². The molecule has 1 fully saturated rings. The first kappa shape index (κ1) is 31.7. The van der Waals surface area contributed by atoms with Crippen molar-refractivity contribution in [3.8, 4) is 11.5 Å². The van der Waals surface area contributed by atoms with Crippen LogP contribution in [0.1, 0.15) is 37.8 Å². The number of imide groups is 1. The summed E-state index contributed by atoms with van der Waals surface area (Å²) >= 11 is 2.30. The average molecular weight is 620 g/mol. The Morgan fingerprint density at radius 2 is 1.74 bits per heavy atom. The third kappa shape index (κ3) is 8.42. The van der Waals surface area contributed by atoms with Crippen LogP contribution in [0.15, 0.2) is 76.5 Å². The second-order valence-electron chi connectivity index (χ2n) is 9.77. The first-order chi connectivity index (χ1) is 20.7. The standard InChI is InChI=1S/C32H33N3O6S2/c1-5-40-27-15-21(13-14-26(27)41-19-30(37)34-25-12-7-6-11-24(25)20(2)3)16-28-31(38)35(32(39)43-28)18-29(36)33-22-9-8-10-23(17-22)42-4/h6-17,20H,5,18-19H2,1-4H3,(H,33,36)(H,34,37)/b28-16+. The molecule has 1 aliphatic rings. The predicted octanol–water partition coefficient (Wildman–Crippen LogP) is 6.62. The monoisotopic (exact) mass is 619 g/mol. The van der Waals surface area contributed by atoms with Gasteiger partial charge in [-0.15, -0.1) is 11.8 Å². The number of carbonyl (C=O) groups is 4. The van der Waals surface area contributed by atoms with Crippen molar-refractivity contribution in [3.63, 3.8) is 0 Å². The molecular weight excluding hydrogens is 587 g/mol. The minimum absolute atomic E-state index is 0.182. The van der Waals surface area contributed by atoms with Crippen LogP contribution in [0.25, 0.3) is 6.08 Å². The Kier molecular flexibility index (Phi) is 10.9. The van der Waals surface area contributed by atoms with E-state index in [1.165, 1.54) is 11.8 Å². The lowest BCUT2D eigenvalue weighted by Gasteiger charge is -2.15. The Balaban J connectivity index is 1.40. The molecule has 0 aromatic heterocycles. The zero-order valence-electron chi connectivity index (χ0n) is 24.3. The molecule has 43 heavy (non-hydrogen) atoms. The highest BCUT2D eigenvalue weighted by molar-refractivity contribution is 8.18. The Bertz CT molecular complexity index is 1560. The molecule has 0 radical (unpaired) electrons. The molecule has 224 valence electrons. The van der Waals surface area contributed by atoms with Crippen LogP contribution in [-0.4, -0.2) is 53.9 Å². The van der Waals surface area contributed by atoms with Gasteiger partial charge in [-0.2, -0.15) is 0 Å². The van der Waals surface area contributed by atoms with Crippen LogP contribution in [0.2, 0.25) is 0 Å². The van der Waals surface area contributed by atoms with E-state index in [-0.39, 0.29) is 23.3 Å². The topological polar surface area (TPSA) is 114 Å². The average Bonchev–Trinajstić information content (AvgIpc) is 3.24. The molecule has 0 spiro atoms. The van der Waals surface area contributed by atoms with Crippen LogP contribution >= 0.6 is 23.5 Å². The second kappa shape index (κ2) is 14.8. The van der Waals surface area contributed by atoms with Crippen molar-refractivity contribution in [2.45, 2.75) is 31.6 Å². The summed E-state index contributed by atoms with van der Waals surface area (Å²) in [5.74, 6) is -0.345. The maximum atomic E-state index is 13.0. The van der Waals surface area contributed by atoms with Crippen LogP contribution in [0.4, 0.5) is 16.2 Å². The van der Waals surface area contributed by atoms with E-state index in [1.807, 2.05) is 55.6 Å². The minimum atomic E-state index is -0.556. The minimum Gasteiger partial charge on any atom is -0.490 e. The number of nitrogens with zero attached hydrogens (tertiary/aromatic N) is 1. The second-order valence-corrected chi connectivity index (χ2v) is 11.6. The van der Waals surface area contributed by atoms with Crippen LogP contribution in [0.5, 0.6) is 11.5 Å². The first-order valence-corrected chi connectivity index (χ1v) is 15.7. The molecule has 1 aliphatic heterocycles. The van der Waals surface area contributed by atoms with Gasteiger partial charge in [-0.05, 0) is 84.5 Å². The van der Waals surface area contributed by atoms with Gasteiger partial charge in [-0.3, -0.25) is 24.1 Å². The summed E-state index contributed by atoms with van der Waals surface area (Å²) in [6.45, 7) is 5.66. The zero-order valence-corrected chi connectivity index (χ0v) is 26.0. The van der Waals surface area contributed by atoms with E-state index >= 15 is 0 Å². The van der Waals surface area contributed by atoms with Gasteiger partial charge >= 0.3 is 0 Å². The molecule has 9 nitrogen and oxygen atoms in total. The normalized spacial score (nSPS) is 13.9. The number of para-hydroxylation sites is 1. The fraction of sp³-hybridized carbons (Fsp3) is 0.250. The maximum Gasteiger partial charge on any atom is 0.294 e. The van der Waals surface area contributed by atoms with Gasteiger partial charge in [0.05, 0.1) is 11.5 Å². The molecule has 3 aromatic rings. The lowest BCUT2D eigenvalue weighted by molar-refractivity contribution is -0.127. The number of amides is 4. The van der Waals surface area contributed by atoms with Gasteiger partial charge in [0.25, 0.3) is 17.1 Å². The molecule has 4 amide bonds. The quantitative estimate of drug-likeness (QED) is 0.172. The van der Waals surface area contributed by atoms with Gasteiger partial charge in [0, 0.05) is 16.3 Å². The highest BCUT2D eigenvalue weighted by Crippen LogP contribution is 2.35. The molecule has 0 unspecified atom stereocenters. The first-order valence-electron chi connectivity index (χ1n) is 13.7. The number of thioether (sulfide) groups is 2. The molecule has 0 bridgehead atoms. The molecular formula is C32H33N3O6S2. The molecule has 1 heterocycles. The summed E-state index contributed by atoms with van der Waals surface area (Å²) < 4.78 is 11.5. The van der Waals surface area contributed by atoms with Crippen LogP contribution in [0, 0.1) is 0 Å². The number of ether oxygens (including phenoxy) is 2. The molecule has 3 aromatic carbocycles. The number of anilines is 2. The van der Waals surface area contributed by atoms with Crippen molar-refractivity contribution < 1.29 is 28.7 Å². The van der Waals surface area contributed by atoms with Crippen molar-refractivity contribution in [2.24, 2.45) is 0 Å². The Hall–Kier alpha value is -4.22. The van der Waals surface area contributed by atoms with Crippen LogP contribution < -0.4 is 20.1 Å². The molecule has 0 aliphatic carbocycles. The van der Waals surface area contributed by atoms with Gasteiger partial charge in [0.2, 0.25) is 5.91 Å². The van der Waals surface area contributed by atoms with Gasteiger partial charge in [-0.1, -0.05) is 44.2 Å². The molecule has 1 saturated heterocycles. The van der Waals surface area contributed by atoms with Crippen molar-refractivity contribution in [2.75, 3.05) is 36.6 Å². The predicted molar refractivity (Wildman–Crippen MR) is 172 cm³/mol. The fourth-order valence-corrected chi connectivity index (χ4v) is 5.58. The Labute approximate surface area is 259 Å². The van der Waals surface area contributed by atoms with Crippen molar-refractivity contribution in [1.82, 2.24) is 4.90 Å². The molecule has 0 atom stereocenters. The summed E-state index contributed by atoms with van der Waals surface area (Å²) in [6, 6.07) is 19.9. The van der Waals surface area contributed by atoms with Gasteiger partial charge in [0.15, 0.2) is 18.1 Å². The number of nitrogens with one attached hydrogen (secondary N) is 2. The highest BCUT2D eigenvalue weighted by Gasteiger charge is 2.36. The number of carbonyl (C=O) groups excluding carboxylic acids is 4. The fourth-order valence-electron chi connectivity index (χ4n) is 4.28. The summed E-state index contributed by atoms with van der Waals surface area (Å²) in [6.07, 6.45) is 3.49. The zero-order chi connectivity index (χ0) is 30.9. The van der Waals surface area contributed by atoms with Gasteiger partial charge in [-0.25, -0.2) is 0 Å². The number of rotatable bonds is 12. The smallest absolute Gasteiger partial charge is 0.294 e. The van der Waals surface area contributed by atoms with Gasteiger partial charge in [0.1, 0.15) is 6.54 Å². The van der Waals surface area contributed by atoms with Gasteiger partial charge < -0.3 is 20.1 Å². The van der Waals surface area contributed by atoms with E-state index in [0.29, 0.717) is 29.4 Å². The van der Waals surface area contributed by atoms with Crippen LogP contribution in [-0.2, 0) is 14.4 Å². The molecule has 4 rings (SSSR count). The summed E-state index contributed by atoms with van der Waals surface area (Å²) in [4.78, 5) is 52.9. The number of hydrogen-bond donors (Lipinski definition) is 2. The van der Waals surface area contributed by atoms with E-state index in [1.54, 1.807) is 30.3 Å². The Morgan fingerprint density at radius 3 is 2.49 bits per heavy atom. The Morgan fingerprint density at radius 1 is 0.953 bits per heavy atom. The highest BCUT2D eigenvalue weighted by atomic mass is 32.2. The SMILES string of the molecule is CCOc1cc(/C=C2/SC(=O)N(CC(=O)Nc3cccc(SC)c3)C2=O)ccc1OCC(=O)Nc1ccccc1C(C)C. The lowest BCUT2D eigenvalue weighted by Crippen LogP contribution is -2.36. The van der Waals surface area contributed by atoms with Crippen LogP contribution in [0.3, 0.4) is 0 Å².